The number of hydrogen-bond acceptors (Lipinski definition) is 5. The van der Waals surface area contributed by atoms with Crippen LogP contribution in [0.2, 0.25) is 5.02 Å². The van der Waals surface area contributed by atoms with Gasteiger partial charge in [0.05, 0.1) is 17.7 Å². The van der Waals surface area contributed by atoms with E-state index in [9.17, 15) is 18.0 Å². The number of methoxy groups -OCH3 is 1. The van der Waals surface area contributed by atoms with E-state index in [1.54, 1.807) is 61.5 Å². The number of ether oxygens (including phenoxy) is 1. The molecule has 3 rings (SSSR count). The smallest absolute Gasteiger partial charge is 0.264 e. The summed E-state index contributed by atoms with van der Waals surface area (Å²) in [7, 11) is -2.76. The third-order valence-electron chi connectivity index (χ3n) is 6.75. The molecule has 220 valence electrons. The van der Waals surface area contributed by atoms with Crippen LogP contribution in [0.25, 0.3) is 0 Å². The number of sulfonamides is 1. The first-order chi connectivity index (χ1) is 19.5. The van der Waals surface area contributed by atoms with Crippen LogP contribution in [0.3, 0.4) is 0 Å². The number of nitrogens with one attached hydrogen (secondary N) is 1. The van der Waals surface area contributed by atoms with Gasteiger partial charge in [0, 0.05) is 18.1 Å². The Kier molecular flexibility index (Phi) is 11.2. The molecule has 2 amide bonds. The zero-order valence-corrected chi connectivity index (χ0v) is 25.8. The first kappa shape index (κ1) is 32.0. The third kappa shape index (κ3) is 8.24. The second kappa shape index (κ2) is 14.4. The summed E-state index contributed by atoms with van der Waals surface area (Å²) in [6.45, 7) is 7.38. The Morgan fingerprint density at radius 3 is 2.22 bits per heavy atom. The van der Waals surface area contributed by atoms with E-state index in [1.807, 2.05) is 20.8 Å². The molecule has 3 aromatic carbocycles. The van der Waals surface area contributed by atoms with Crippen molar-refractivity contribution in [3.05, 3.63) is 88.4 Å². The predicted octanol–water partition coefficient (Wildman–Crippen LogP) is 5.49. The maximum absolute atomic E-state index is 14.1. The SMILES string of the molecule is CCCCNC(=O)[C@H](C)N(Cc1ccc(Cl)cc1)C(=O)CN(c1cc(C)ccc1OC)S(=O)(=O)c1ccc(C)cc1. The highest BCUT2D eigenvalue weighted by Crippen LogP contribution is 2.34. The molecular weight excluding hydrogens is 562 g/mol. The van der Waals surface area contributed by atoms with Gasteiger partial charge in [-0.05, 0) is 74.7 Å². The van der Waals surface area contributed by atoms with Gasteiger partial charge >= 0.3 is 0 Å². The largest absolute Gasteiger partial charge is 0.495 e. The lowest BCUT2D eigenvalue weighted by Crippen LogP contribution is -2.51. The number of hydrogen-bond donors (Lipinski definition) is 1. The van der Waals surface area contributed by atoms with Gasteiger partial charge in [-0.3, -0.25) is 13.9 Å². The van der Waals surface area contributed by atoms with Gasteiger partial charge in [-0.15, -0.1) is 0 Å². The first-order valence-corrected chi connectivity index (χ1v) is 15.4. The molecule has 0 bridgehead atoms. The molecule has 0 aromatic heterocycles. The molecule has 0 unspecified atom stereocenters. The standard InChI is InChI=1S/C31H38ClN3O5S/c1-6-7-18-33-31(37)24(4)34(20-25-11-13-26(32)14-12-25)30(36)21-35(28-19-23(3)10-17-29(28)40-5)41(38,39)27-15-8-22(2)9-16-27/h8-17,19,24H,6-7,18,20-21H2,1-5H3,(H,33,37)/t24-/m0/s1. The molecule has 0 fully saturated rings. The van der Waals surface area contributed by atoms with E-state index < -0.39 is 28.5 Å². The molecule has 1 atom stereocenters. The lowest BCUT2D eigenvalue weighted by Gasteiger charge is -2.32. The molecule has 0 radical (unpaired) electrons. The Morgan fingerprint density at radius 2 is 1.61 bits per heavy atom. The number of anilines is 1. The molecular formula is C31H38ClN3O5S. The van der Waals surface area contributed by atoms with Crippen molar-refractivity contribution in [1.29, 1.82) is 0 Å². The summed E-state index contributed by atoms with van der Waals surface area (Å²) in [6.07, 6.45) is 1.71. The van der Waals surface area contributed by atoms with Crippen LogP contribution in [-0.2, 0) is 26.2 Å². The van der Waals surface area contributed by atoms with E-state index in [-0.39, 0.29) is 23.0 Å². The maximum atomic E-state index is 14.1. The van der Waals surface area contributed by atoms with Gasteiger partial charge in [0.15, 0.2) is 0 Å². The minimum Gasteiger partial charge on any atom is -0.495 e. The number of benzene rings is 3. The molecule has 8 nitrogen and oxygen atoms in total. The number of carbonyl (C=O) groups excluding carboxylic acids is 2. The Bertz CT molecular complexity index is 1440. The minimum absolute atomic E-state index is 0.0362. The van der Waals surface area contributed by atoms with Crippen LogP contribution in [0.5, 0.6) is 5.75 Å². The van der Waals surface area contributed by atoms with Crippen molar-refractivity contribution in [2.24, 2.45) is 0 Å². The number of carbonyl (C=O) groups is 2. The van der Waals surface area contributed by atoms with Gasteiger partial charge in [0.25, 0.3) is 10.0 Å². The van der Waals surface area contributed by atoms with Crippen molar-refractivity contribution in [3.8, 4) is 5.75 Å². The monoisotopic (exact) mass is 599 g/mol. The van der Waals surface area contributed by atoms with Crippen molar-refractivity contribution >= 4 is 39.1 Å². The van der Waals surface area contributed by atoms with Gasteiger partial charge in [-0.1, -0.05) is 60.8 Å². The fourth-order valence-corrected chi connectivity index (χ4v) is 5.79. The second-order valence-corrected chi connectivity index (χ2v) is 12.3. The molecule has 0 saturated heterocycles. The summed E-state index contributed by atoms with van der Waals surface area (Å²) in [5.74, 6) is -0.562. The van der Waals surface area contributed by atoms with Crippen LogP contribution in [-0.4, -0.2) is 51.4 Å². The van der Waals surface area contributed by atoms with Gasteiger partial charge in [0.1, 0.15) is 18.3 Å². The Balaban J connectivity index is 2.06. The average Bonchev–Trinajstić information content (AvgIpc) is 2.95. The molecule has 10 heteroatoms. The molecule has 0 aliphatic heterocycles. The summed E-state index contributed by atoms with van der Waals surface area (Å²) in [5.41, 5.74) is 2.67. The fourth-order valence-electron chi connectivity index (χ4n) is 4.25. The van der Waals surface area contributed by atoms with Gasteiger partial charge in [-0.2, -0.15) is 0 Å². The highest BCUT2D eigenvalue weighted by Gasteiger charge is 2.33. The van der Waals surface area contributed by atoms with Crippen molar-refractivity contribution in [1.82, 2.24) is 10.2 Å². The molecule has 41 heavy (non-hydrogen) atoms. The van der Waals surface area contributed by atoms with Gasteiger partial charge in [-0.25, -0.2) is 8.42 Å². The van der Waals surface area contributed by atoms with Crippen LogP contribution in [0.15, 0.2) is 71.6 Å². The topological polar surface area (TPSA) is 96.0 Å². The second-order valence-electron chi connectivity index (χ2n) is 9.97. The summed E-state index contributed by atoms with van der Waals surface area (Å²) in [4.78, 5) is 28.6. The molecule has 0 heterocycles. The van der Waals surface area contributed by atoms with Crippen LogP contribution < -0.4 is 14.4 Å². The maximum Gasteiger partial charge on any atom is 0.264 e. The minimum atomic E-state index is -4.20. The molecule has 0 saturated carbocycles. The van der Waals surface area contributed by atoms with Crippen molar-refractivity contribution in [2.75, 3.05) is 24.5 Å². The first-order valence-electron chi connectivity index (χ1n) is 13.5. The number of unbranched alkanes of at least 4 members (excludes halogenated alkanes) is 1. The predicted molar refractivity (Wildman–Crippen MR) is 163 cm³/mol. The Morgan fingerprint density at radius 1 is 0.976 bits per heavy atom. The zero-order valence-electron chi connectivity index (χ0n) is 24.2. The van der Waals surface area contributed by atoms with E-state index in [2.05, 4.69) is 5.32 Å². The van der Waals surface area contributed by atoms with Crippen LogP contribution in [0, 0.1) is 13.8 Å². The number of nitrogens with zero attached hydrogens (tertiary/aromatic N) is 2. The molecule has 1 N–H and O–H groups in total. The van der Waals surface area contributed by atoms with Crippen LogP contribution in [0.4, 0.5) is 5.69 Å². The zero-order chi connectivity index (χ0) is 30.2. The highest BCUT2D eigenvalue weighted by molar-refractivity contribution is 7.92. The van der Waals surface area contributed by atoms with E-state index in [1.165, 1.54) is 24.1 Å². The molecule has 0 aliphatic carbocycles. The number of halogens is 1. The molecule has 0 spiro atoms. The lowest BCUT2D eigenvalue weighted by atomic mass is 10.1. The average molecular weight is 600 g/mol. The van der Waals surface area contributed by atoms with Crippen LogP contribution in [0.1, 0.15) is 43.4 Å². The summed E-state index contributed by atoms with van der Waals surface area (Å²) >= 11 is 6.06. The van der Waals surface area contributed by atoms with Crippen LogP contribution >= 0.6 is 11.6 Å². The number of rotatable bonds is 13. The van der Waals surface area contributed by atoms with E-state index in [0.29, 0.717) is 17.3 Å². The third-order valence-corrected chi connectivity index (χ3v) is 8.78. The van der Waals surface area contributed by atoms with Gasteiger partial charge < -0.3 is 15.0 Å². The van der Waals surface area contributed by atoms with E-state index in [0.717, 1.165) is 33.8 Å². The Labute approximate surface area is 248 Å². The van der Waals surface area contributed by atoms with Crippen molar-refractivity contribution in [3.63, 3.8) is 0 Å². The van der Waals surface area contributed by atoms with E-state index >= 15 is 0 Å². The number of aryl methyl sites for hydroxylation is 2. The molecule has 0 aliphatic rings. The number of amides is 2. The summed E-state index contributed by atoms with van der Waals surface area (Å²) < 4.78 is 34.7. The summed E-state index contributed by atoms with van der Waals surface area (Å²) in [6, 6.07) is 17.7. The van der Waals surface area contributed by atoms with E-state index in [4.69, 9.17) is 16.3 Å². The quantitative estimate of drug-likeness (QED) is 0.262. The van der Waals surface area contributed by atoms with Gasteiger partial charge in [0.2, 0.25) is 11.8 Å². The van der Waals surface area contributed by atoms with Crippen molar-refractivity contribution < 1.29 is 22.7 Å². The lowest BCUT2D eigenvalue weighted by molar-refractivity contribution is -0.139. The highest BCUT2D eigenvalue weighted by atomic mass is 35.5. The van der Waals surface area contributed by atoms with Crippen molar-refractivity contribution in [2.45, 2.75) is 58.0 Å². The Hall–Kier alpha value is -3.56. The summed E-state index contributed by atoms with van der Waals surface area (Å²) in [5, 5.41) is 3.42. The molecule has 3 aromatic rings. The normalized spacial score (nSPS) is 12.0. The fraction of sp³-hybridized carbons (Fsp3) is 0.355.